The Morgan fingerprint density at radius 1 is 1.30 bits per heavy atom. The van der Waals surface area contributed by atoms with Crippen molar-refractivity contribution in [1.29, 1.82) is 0 Å². The maximum Gasteiger partial charge on any atom is 0.261 e. The Morgan fingerprint density at radius 3 is 2.35 bits per heavy atom. The summed E-state index contributed by atoms with van der Waals surface area (Å²) in [5.41, 5.74) is 1.86. The lowest BCUT2D eigenvalue weighted by Gasteiger charge is -2.19. The Hall–Kier alpha value is -1.26. The first-order chi connectivity index (χ1) is 9.35. The summed E-state index contributed by atoms with van der Waals surface area (Å²) in [6.07, 6.45) is -0.575. The van der Waals surface area contributed by atoms with E-state index >= 15 is 0 Å². The lowest BCUT2D eigenvalue weighted by molar-refractivity contribution is -0.128. The fourth-order valence-corrected chi connectivity index (χ4v) is 1.99. The molecule has 0 radical (unpaired) electrons. The highest BCUT2D eigenvalue weighted by atomic mass is 35.5. The minimum Gasteiger partial charge on any atom is -0.481 e. The molecule has 0 aromatic heterocycles. The summed E-state index contributed by atoms with van der Waals surface area (Å²) in [6.45, 7) is 7.89. The molecule has 0 unspecified atom stereocenters. The van der Waals surface area contributed by atoms with Crippen LogP contribution in [0.25, 0.3) is 0 Å². The second-order valence-corrected chi connectivity index (χ2v) is 5.37. The van der Waals surface area contributed by atoms with Crippen LogP contribution in [0.3, 0.4) is 0 Å². The van der Waals surface area contributed by atoms with Gasteiger partial charge in [0, 0.05) is 18.2 Å². The second kappa shape index (κ2) is 7.50. The highest BCUT2D eigenvalue weighted by molar-refractivity contribution is 6.32. The van der Waals surface area contributed by atoms with Crippen molar-refractivity contribution in [3.8, 4) is 5.75 Å². The van der Waals surface area contributed by atoms with Crippen LogP contribution < -0.4 is 10.1 Å². The van der Waals surface area contributed by atoms with Crippen LogP contribution in [0, 0.1) is 13.8 Å². The van der Waals surface area contributed by atoms with Gasteiger partial charge in [-0.05, 0) is 51.0 Å². The Bertz CT molecular complexity index is 453. The molecule has 112 valence electrons. The number of ether oxygens (including phenoxy) is 2. The van der Waals surface area contributed by atoms with Crippen LogP contribution in [-0.2, 0) is 9.53 Å². The molecular weight excluding hydrogens is 278 g/mol. The number of carbonyl (C=O) groups excluding carboxylic acids is 1. The zero-order chi connectivity index (χ0) is 15.3. The summed E-state index contributed by atoms with van der Waals surface area (Å²) in [4.78, 5) is 12.0. The van der Waals surface area contributed by atoms with E-state index in [-0.39, 0.29) is 11.9 Å². The number of methoxy groups -OCH3 is 1. The van der Waals surface area contributed by atoms with Crippen molar-refractivity contribution in [3.05, 3.63) is 28.3 Å². The van der Waals surface area contributed by atoms with Crippen molar-refractivity contribution >= 4 is 17.5 Å². The number of nitrogens with one attached hydrogen (secondary N) is 1. The predicted octanol–water partition coefficient (Wildman–Crippen LogP) is 2.88. The third-order valence-electron chi connectivity index (χ3n) is 2.90. The molecule has 0 bridgehead atoms. The summed E-state index contributed by atoms with van der Waals surface area (Å²) in [5, 5.41) is 3.55. The van der Waals surface area contributed by atoms with Gasteiger partial charge in [0.2, 0.25) is 0 Å². The molecule has 1 N–H and O–H groups in total. The molecule has 0 spiro atoms. The smallest absolute Gasteiger partial charge is 0.261 e. The normalized spacial score (nSPS) is 13.7. The lowest BCUT2D eigenvalue weighted by atomic mass is 10.1. The van der Waals surface area contributed by atoms with Gasteiger partial charge in [-0.2, -0.15) is 0 Å². The van der Waals surface area contributed by atoms with Gasteiger partial charge in [0.25, 0.3) is 5.91 Å². The molecule has 1 amide bonds. The van der Waals surface area contributed by atoms with Crippen LogP contribution in [0.2, 0.25) is 5.02 Å². The van der Waals surface area contributed by atoms with E-state index in [1.54, 1.807) is 14.0 Å². The van der Waals surface area contributed by atoms with Crippen LogP contribution in [0.4, 0.5) is 0 Å². The first-order valence-corrected chi connectivity index (χ1v) is 6.95. The number of carbonyl (C=O) groups is 1. The molecule has 20 heavy (non-hydrogen) atoms. The van der Waals surface area contributed by atoms with Gasteiger partial charge in [-0.1, -0.05) is 11.6 Å². The Kier molecular flexibility index (Phi) is 6.30. The average molecular weight is 300 g/mol. The van der Waals surface area contributed by atoms with Crippen LogP contribution in [0.1, 0.15) is 25.0 Å². The van der Waals surface area contributed by atoms with E-state index in [0.717, 1.165) is 16.1 Å². The first-order valence-electron chi connectivity index (χ1n) is 6.57. The van der Waals surface area contributed by atoms with E-state index < -0.39 is 6.10 Å². The molecule has 0 aliphatic carbocycles. The molecule has 4 nitrogen and oxygen atoms in total. The largest absolute Gasteiger partial charge is 0.481 e. The van der Waals surface area contributed by atoms with Crippen molar-refractivity contribution < 1.29 is 14.3 Å². The van der Waals surface area contributed by atoms with Crippen molar-refractivity contribution in [2.75, 3.05) is 13.7 Å². The number of aryl methyl sites for hydroxylation is 2. The molecule has 1 rings (SSSR count). The van der Waals surface area contributed by atoms with Crippen LogP contribution in [0.15, 0.2) is 12.1 Å². The molecule has 0 heterocycles. The van der Waals surface area contributed by atoms with Gasteiger partial charge >= 0.3 is 0 Å². The van der Waals surface area contributed by atoms with Crippen LogP contribution >= 0.6 is 11.6 Å². The first kappa shape index (κ1) is 16.8. The minimum atomic E-state index is -0.575. The van der Waals surface area contributed by atoms with Gasteiger partial charge in [0.15, 0.2) is 6.10 Å². The minimum absolute atomic E-state index is 0.0489. The van der Waals surface area contributed by atoms with Gasteiger partial charge in [0.1, 0.15) is 5.75 Å². The van der Waals surface area contributed by atoms with Crippen molar-refractivity contribution in [1.82, 2.24) is 5.32 Å². The second-order valence-electron chi connectivity index (χ2n) is 5.00. The van der Waals surface area contributed by atoms with E-state index in [1.165, 1.54) is 0 Å². The molecule has 0 aliphatic heterocycles. The summed E-state index contributed by atoms with van der Waals surface area (Å²) >= 11 is 6.10. The summed E-state index contributed by atoms with van der Waals surface area (Å²) in [5.74, 6) is 0.478. The van der Waals surface area contributed by atoms with Gasteiger partial charge in [0.05, 0.1) is 6.61 Å². The maximum absolute atomic E-state index is 12.0. The monoisotopic (exact) mass is 299 g/mol. The average Bonchev–Trinajstić information content (AvgIpc) is 2.35. The zero-order valence-corrected chi connectivity index (χ0v) is 13.4. The fraction of sp³-hybridized carbons (Fsp3) is 0.533. The highest BCUT2D eigenvalue weighted by Gasteiger charge is 2.17. The number of amides is 1. The van der Waals surface area contributed by atoms with Crippen molar-refractivity contribution in [2.24, 2.45) is 0 Å². The highest BCUT2D eigenvalue weighted by Crippen LogP contribution is 2.26. The van der Waals surface area contributed by atoms with Crippen molar-refractivity contribution in [3.63, 3.8) is 0 Å². The van der Waals surface area contributed by atoms with Gasteiger partial charge in [-0.25, -0.2) is 0 Å². The summed E-state index contributed by atoms with van der Waals surface area (Å²) < 4.78 is 10.6. The molecular formula is C15H22ClNO3. The third kappa shape index (κ3) is 4.69. The lowest BCUT2D eigenvalue weighted by Crippen LogP contribution is -2.43. The molecule has 5 heteroatoms. The number of halogens is 1. The van der Waals surface area contributed by atoms with E-state index in [1.807, 2.05) is 32.9 Å². The molecule has 2 atom stereocenters. The number of hydrogen-bond acceptors (Lipinski definition) is 3. The predicted molar refractivity (Wildman–Crippen MR) is 80.5 cm³/mol. The number of benzene rings is 1. The number of hydrogen-bond donors (Lipinski definition) is 1. The van der Waals surface area contributed by atoms with Gasteiger partial charge < -0.3 is 14.8 Å². The summed E-state index contributed by atoms with van der Waals surface area (Å²) in [6, 6.07) is 3.61. The third-order valence-corrected chi connectivity index (χ3v) is 3.49. The maximum atomic E-state index is 12.0. The molecule has 0 fully saturated rings. The van der Waals surface area contributed by atoms with Crippen LogP contribution in [0.5, 0.6) is 5.75 Å². The van der Waals surface area contributed by atoms with E-state index in [0.29, 0.717) is 12.4 Å². The molecule has 0 aliphatic rings. The van der Waals surface area contributed by atoms with Crippen molar-refractivity contribution in [2.45, 2.75) is 39.8 Å². The SMILES string of the molecule is COC[C@H](C)NC(=O)[C@@H](C)Oc1cc(C)c(Cl)c(C)c1. The standard InChI is InChI=1S/C15H22ClNO3/c1-9-6-13(7-10(2)14(9)16)20-12(4)15(18)17-11(3)8-19-5/h6-7,11-12H,8H2,1-5H3,(H,17,18)/t11-,12+/m0/s1. The quantitative estimate of drug-likeness (QED) is 0.878. The van der Waals surface area contributed by atoms with Crippen LogP contribution in [-0.4, -0.2) is 31.8 Å². The fourth-order valence-electron chi connectivity index (χ4n) is 1.88. The Labute approximate surface area is 125 Å². The topological polar surface area (TPSA) is 47.6 Å². The molecule has 1 aromatic carbocycles. The summed E-state index contributed by atoms with van der Waals surface area (Å²) in [7, 11) is 1.60. The Morgan fingerprint density at radius 2 is 1.85 bits per heavy atom. The van der Waals surface area contributed by atoms with Gasteiger partial charge in [-0.15, -0.1) is 0 Å². The molecule has 1 aromatic rings. The van der Waals surface area contributed by atoms with E-state index in [9.17, 15) is 4.79 Å². The van der Waals surface area contributed by atoms with E-state index in [4.69, 9.17) is 21.1 Å². The van der Waals surface area contributed by atoms with Gasteiger partial charge in [-0.3, -0.25) is 4.79 Å². The number of rotatable bonds is 6. The molecule has 0 saturated heterocycles. The molecule has 0 saturated carbocycles. The zero-order valence-electron chi connectivity index (χ0n) is 12.6. The Balaban J connectivity index is 2.66. The van der Waals surface area contributed by atoms with E-state index in [2.05, 4.69) is 5.32 Å².